The molecule has 16 N–H and O–H groups in total. The van der Waals surface area contributed by atoms with E-state index in [1.165, 1.54) is 55.5 Å². The highest BCUT2D eigenvalue weighted by Gasteiger charge is 2.35. The number of hydrogen-bond donors (Lipinski definition) is 15. The Bertz CT molecular complexity index is 2140. The number of carbonyl (C=O) groups excluding carboxylic acids is 8. The predicted molar refractivity (Wildman–Crippen MR) is 247 cm³/mol. The average Bonchev–Trinajstić information content (AvgIpc) is 3.31. The number of rotatable bonds is 29. The van der Waals surface area contributed by atoms with Gasteiger partial charge in [0.05, 0.1) is 19.8 Å². The number of carbonyl (C=O) groups is 10. The minimum absolute atomic E-state index is 0.0525. The maximum atomic E-state index is 13.8. The molecule has 8 amide bonds. The number of carboxylic acids is 2. The Morgan fingerprint density at radius 2 is 1.03 bits per heavy atom. The molecule has 0 aliphatic rings. The lowest BCUT2D eigenvalue weighted by molar-refractivity contribution is -0.142. The molecule has 386 valence electrons. The maximum absolute atomic E-state index is 13.8. The third kappa shape index (κ3) is 19.7. The summed E-state index contributed by atoms with van der Waals surface area (Å²) >= 11 is 0. The fourth-order valence-electron chi connectivity index (χ4n) is 6.44. The summed E-state index contributed by atoms with van der Waals surface area (Å²) in [6.07, 6.45) is -0.986. The van der Waals surface area contributed by atoms with E-state index in [0.717, 1.165) is 0 Å². The van der Waals surface area contributed by atoms with Crippen molar-refractivity contribution >= 4 is 59.2 Å². The molecule has 25 nitrogen and oxygen atoms in total. The van der Waals surface area contributed by atoms with Crippen molar-refractivity contribution in [3.8, 4) is 11.5 Å². The van der Waals surface area contributed by atoms with Crippen molar-refractivity contribution in [3.63, 3.8) is 0 Å². The molecule has 2 aromatic carbocycles. The number of hydrogen-bond acceptors (Lipinski definition) is 15. The number of phenols is 2. The molecule has 2 aromatic rings. The van der Waals surface area contributed by atoms with Crippen LogP contribution >= 0.6 is 0 Å². The Labute approximate surface area is 403 Å². The zero-order valence-electron chi connectivity index (χ0n) is 39.4. The molecule has 0 saturated heterocycles. The second-order valence-electron chi connectivity index (χ2n) is 16.8. The van der Waals surface area contributed by atoms with Crippen molar-refractivity contribution in [2.45, 2.75) is 115 Å². The fourth-order valence-corrected chi connectivity index (χ4v) is 6.44. The number of aliphatic hydroxyl groups excluding tert-OH is 2. The van der Waals surface area contributed by atoms with E-state index in [9.17, 15) is 68.4 Å². The van der Waals surface area contributed by atoms with Crippen LogP contribution in [0, 0.1) is 11.8 Å². The van der Waals surface area contributed by atoms with Crippen LogP contribution in [-0.2, 0) is 60.8 Å². The molecule has 0 aliphatic carbocycles. The number of nitrogens with one attached hydrogen (secondary N) is 8. The van der Waals surface area contributed by atoms with E-state index in [4.69, 9.17) is 15.9 Å². The Hall–Kier alpha value is -7.38. The number of benzene rings is 2. The van der Waals surface area contributed by atoms with Gasteiger partial charge >= 0.3 is 11.9 Å². The van der Waals surface area contributed by atoms with Gasteiger partial charge in [0.2, 0.25) is 47.3 Å². The van der Waals surface area contributed by atoms with Crippen molar-refractivity contribution < 1.29 is 78.6 Å². The molecular weight excluding hydrogens is 923 g/mol. The van der Waals surface area contributed by atoms with Crippen molar-refractivity contribution in [3.05, 3.63) is 59.7 Å². The molecule has 0 unspecified atom stereocenters. The van der Waals surface area contributed by atoms with Gasteiger partial charge in [-0.05, 0) is 60.6 Å². The number of aromatic hydroxyl groups is 2. The number of nitrogens with two attached hydrogens (primary N) is 1. The van der Waals surface area contributed by atoms with Crippen LogP contribution in [0.5, 0.6) is 11.5 Å². The molecule has 0 bridgehead atoms. The van der Waals surface area contributed by atoms with Gasteiger partial charge < -0.3 is 78.9 Å². The molecule has 0 radical (unpaired) electrons. The van der Waals surface area contributed by atoms with Crippen LogP contribution in [-0.4, -0.2) is 158 Å². The smallest absolute Gasteiger partial charge is 0.326 e. The zero-order valence-corrected chi connectivity index (χ0v) is 39.4. The van der Waals surface area contributed by atoms with Gasteiger partial charge in [0.1, 0.15) is 59.8 Å². The zero-order chi connectivity index (χ0) is 52.8. The Balaban J connectivity index is 2.18. The number of aliphatic carboxylic acids is 2. The lowest BCUT2D eigenvalue weighted by atomic mass is 9.96. The standard InChI is InChI=1S/C45H65N9O16/c1-6-23(4)37(54-43(67)36(22(2)3)53-42(66)33(21-56)49-34(59)19-47-40(64)30(15-16-35(60)61)50-39(63)29(46)20-55)44(68)48-24(5)38(62)51-31(17-25-7-11-27(57)12-8-25)41(65)52-32(45(69)70)18-26-9-13-28(58)14-10-26/h7-14,22-24,29-33,36-37,55-58H,6,15-21,46H2,1-5H3,(H,47,64)(H,48,68)(H,49,59)(H,50,63)(H,51,62)(H,52,65)(H,53,66)(H,54,67)(H,60,61)(H,69,70)/t23-,24-,29-,30-,31-,32-,33-,36-,37-/m0/s1. The summed E-state index contributed by atoms with van der Waals surface area (Å²) in [5, 5.41) is 76.5. The van der Waals surface area contributed by atoms with Crippen LogP contribution in [0.1, 0.15) is 65.0 Å². The summed E-state index contributed by atoms with van der Waals surface area (Å²) in [4.78, 5) is 129. The fraction of sp³-hybridized carbons (Fsp3) is 0.511. The van der Waals surface area contributed by atoms with Gasteiger partial charge in [-0.25, -0.2) is 4.79 Å². The maximum Gasteiger partial charge on any atom is 0.326 e. The van der Waals surface area contributed by atoms with Crippen LogP contribution in [0.2, 0.25) is 0 Å². The Kier molecular flexibility index (Phi) is 24.2. The minimum atomic E-state index is -1.68. The highest BCUT2D eigenvalue weighted by atomic mass is 16.4. The highest BCUT2D eigenvalue weighted by molar-refractivity contribution is 5.97. The van der Waals surface area contributed by atoms with Crippen LogP contribution in [0.4, 0.5) is 0 Å². The van der Waals surface area contributed by atoms with Crippen LogP contribution in [0.15, 0.2) is 48.5 Å². The van der Waals surface area contributed by atoms with Gasteiger partial charge in [-0.2, -0.15) is 0 Å². The largest absolute Gasteiger partial charge is 0.508 e. The van der Waals surface area contributed by atoms with E-state index in [0.29, 0.717) is 17.5 Å². The van der Waals surface area contributed by atoms with Gasteiger partial charge in [0, 0.05) is 19.3 Å². The van der Waals surface area contributed by atoms with Crippen LogP contribution in [0.3, 0.4) is 0 Å². The molecule has 0 aliphatic heterocycles. The molecule has 0 aromatic heterocycles. The molecule has 0 saturated carbocycles. The van der Waals surface area contributed by atoms with E-state index in [1.54, 1.807) is 27.7 Å². The molecule has 0 fully saturated rings. The second kappa shape index (κ2) is 28.8. The van der Waals surface area contributed by atoms with Gasteiger partial charge in [0.15, 0.2) is 0 Å². The molecule has 9 atom stereocenters. The SMILES string of the molecule is CC[C@H](C)[C@H](NC(=O)[C@@H](NC(=O)[C@H](CO)NC(=O)CNC(=O)[C@H](CCC(=O)O)NC(=O)[C@@H](N)CO)C(C)C)C(=O)N[C@@H](C)C(=O)N[C@@H](Cc1ccc(O)cc1)C(=O)N[C@@H](Cc1ccc(O)cc1)C(=O)O. The van der Waals surface area contributed by atoms with E-state index in [2.05, 4.69) is 42.5 Å². The monoisotopic (exact) mass is 987 g/mol. The average molecular weight is 988 g/mol. The number of amides is 8. The Morgan fingerprint density at radius 3 is 1.51 bits per heavy atom. The first kappa shape index (κ1) is 58.7. The van der Waals surface area contributed by atoms with Crippen molar-refractivity contribution in [1.82, 2.24) is 42.5 Å². The number of phenolic OH excluding ortho intramolecular Hbond substituents is 2. The van der Waals surface area contributed by atoms with Gasteiger partial charge in [-0.3, -0.25) is 43.2 Å². The molecule has 0 spiro atoms. The summed E-state index contributed by atoms with van der Waals surface area (Å²) in [5.74, 6) is -11.5. The highest BCUT2D eigenvalue weighted by Crippen LogP contribution is 2.15. The van der Waals surface area contributed by atoms with E-state index >= 15 is 0 Å². The Morgan fingerprint density at radius 1 is 0.543 bits per heavy atom. The van der Waals surface area contributed by atoms with Crippen molar-refractivity contribution in [2.75, 3.05) is 19.8 Å². The first-order valence-electron chi connectivity index (χ1n) is 22.3. The first-order chi connectivity index (χ1) is 32.9. The normalized spacial score (nSPS) is 14.9. The summed E-state index contributed by atoms with van der Waals surface area (Å²) in [6, 6.07) is -0.126. The third-order valence-corrected chi connectivity index (χ3v) is 10.9. The molecule has 2 rings (SSSR count). The van der Waals surface area contributed by atoms with Gasteiger partial charge in [-0.15, -0.1) is 0 Å². The summed E-state index contributed by atoms with van der Waals surface area (Å²) in [5.41, 5.74) is 6.40. The van der Waals surface area contributed by atoms with Crippen molar-refractivity contribution in [2.24, 2.45) is 17.6 Å². The lowest BCUT2D eigenvalue weighted by Crippen LogP contribution is -2.61. The number of aliphatic hydroxyl groups is 2. The quantitative estimate of drug-likeness (QED) is 0.0374. The minimum Gasteiger partial charge on any atom is -0.508 e. The summed E-state index contributed by atoms with van der Waals surface area (Å²) in [6.45, 7) is 5.20. The van der Waals surface area contributed by atoms with Crippen LogP contribution < -0.4 is 48.3 Å². The molecule has 0 heterocycles. The topological polar surface area (TPSA) is 414 Å². The second-order valence-corrected chi connectivity index (χ2v) is 16.8. The molecular formula is C45H65N9O16. The van der Waals surface area contributed by atoms with Crippen LogP contribution in [0.25, 0.3) is 0 Å². The summed E-state index contributed by atoms with van der Waals surface area (Å²) < 4.78 is 0. The molecule has 25 heteroatoms. The van der Waals surface area contributed by atoms with E-state index < -0.39 is 152 Å². The van der Waals surface area contributed by atoms with E-state index in [-0.39, 0.29) is 24.3 Å². The molecule has 70 heavy (non-hydrogen) atoms. The summed E-state index contributed by atoms with van der Waals surface area (Å²) in [7, 11) is 0. The lowest BCUT2D eigenvalue weighted by Gasteiger charge is -2.30. The van der Waals surface area contributed by atoms with Crippen molar-refractivity contribution in [1.29, 1.82) is 0 Å². The first-order valence-corrected chi connectivity index (χ1v) is 22.3. The number of carboxylic acid groups (broad SMARTS) is 2. The predicted octanol–water partition coefficient (Wildman–Crippen LogP) is -3.62. The third-order valence-electron chi connectivity index (χ3n) is 10.9. The van der Waals surface area contributed by atoms with Gasteiger partial charge in [-0.1, -0.05) is 58.4 Å². The van der Waals surface area contributed by atoms with E-state index in [1.807, 2.05) is 0 Å². The van der Waals surface area contributed by atoms with Gasteiger partial charge in [0.25, 0.3) is 0 Å².